The Morgan fingerprint density at radius 3 is 0.743 bits per heavy atom. The summed E-state index contributed by atoms with van der Waals surface area (Å²) < 4.78 is 7.97. The molecule has 21 aromatic rings. The van der Waals surface area contributed by atoms with Crippen molar-refractivity contribution in [3.05, 3.63) is 384 Å². The standard InChI is InChI=1S/C134H128BN5/c1-127(2,3)89-51-61-111-103(69-89)104-70-90(128(4,5)6)52-62-112(104)136(111)97-57-59-109-117(79-97)139(122-99(83-43-33-27-34-44-83)75-95(133(19,20)21)77-101(122)87-49-37-47-85(67-87)81-39-29-25-30-40-81)125-119-107-73-93(131(13,14)15)55-65-115(107)138-116-66-56-94(132(16,17)18)74-108(116)120(124(119)138)126-121(125)135(109)110-60-58-98(137-113-63-53-91(129(7,8)9)71-105(113)106-72-92(130(10,11)12)54-64-114(106)137)80-118(110)140(126)123-100(84-45-35-28-36-46-84)76-96(134(22,23)24)78-102(123)88-50-38-48-86(68-88)82-41-31-26-32-42-82/h25-80H,1-24H3. The minimum atomic E-state index is -0.429. The third-order valence-corrected chi connectivity index (χ3v) is 30.9. The fourth-order valence-electron chi connectivity index (χ4n) is 23.0. The van der Waals surface area contributed by atoms with Crippen molar-refractivity contribution in [1.82, 2.24) is 13.5 Å². The number of benzene rings is 17. The molecule has 0 saturated carbocycles. The first-order chi connectivity index (χ1) is 66.5. The Hall–Kier alpha value is -14.2. The largest absolute Gasteiger partial charge is 0.309 e. The average Bonchev–Trinajstić information content (AvgIpc) is 1.49. The van der Waals surface area contributed by atoms with E-state index < -0.39 is 6.71 Å². The first-order valence-electron chi connectivity index (χ1n) is 50.7. The van der Waals surface area contributed by atoms with E-state index in [1.165, 1.54) is 154 Å². The monoisotopic (exact) mass is 1820 g/mol. The highest BCUT2D eigenvalue weighted by molar-refractivity contribution is 7.01. The van der Waals surface area contributed by atoms with Crippen molar-refractivity contribution >= 4 is 139 Å². The van der Waals surface area contributed by atoms with Crippen LogP contribution in [0.1, 0.15) is 211 Å². The summed E-state index contributed by atoms with van der Waals surface area (Å²) in [4.78, 5) is 5.79. The van der Waals surface area contributed by atoms with Gasteiger partial charge >= 0.3 is 0 Å². The summed E-state index contributed by atoms with van der Waals surface area (Å²) in [6.07, 6.45) is 0. The second-order valence-electron chi connectivity index (χ2n) is 48.7. The number of hydrogen-bond acceptors (Lipinski definition) is 2. The van der Waals surface area contributed by atoms with Crippen LogP contribution in [0.15, 0.2) is 340 Å². The van der Waals surface area contributed by atoms with Crippen LogP contribution in [0.5, 0.6) is 0 Å². The topological polar surface area (TPSA) is 20.8 Å². The molecule has 0 saturated heterocycles. The van der Waals surface area contributed by atoms with Gasteiger partial charge in [-0.05, 0) is 282 Å². The number of anilines is 6. The van der Waals surface area contributed by atoms with Gasteiger partial charge in [0.05, 0.1) is 61.4 Å². The van der Waals surface area contributed by atoms with Crippen LogP contribution < -0.4 is 26.2 Å². The predicted octanol–water partition coefficient (Wildman–Crippen LogP) is 35.5. The first kappa shape index (κ1) is 89.7. The van der Waals surface area contributed by atoms with Crippen molar-refractivity contribution in [3.8, 4) is 78.1 Å². The molecule has 0 spiro atoms. The average molecular weight is 1820 g/mol. The Kier molecular flexibility index (Phi) is 20.3. The highest BCUT2D eigenvalue weighted by Gasteiger charge is 2.50. The molecule has 0 unspecified atom stereocenters. The normalized spacial score (nSPS) is 13.5. The zero-order valence-corrected chi connectivity index (χ0v) is 86.1. The van der Waals surface area contributed by atoms with Gasteiger partial charge in [0.15, 0.2) is 0 Å². The van der Waals surface area contributed by atoms with Gasteiger partial charge in [0.1, 0.15) is 0 Å². The second kappa shape index (κ2) is 31.7. The number of nitrogens with zero attached hydrogens (tertiary/aromatic N) is 5. The van der Waals surface area contributed by atoms with E-state index in [1.807, 2.05) is 0 Å². The highest BCUT2D eigenvalue weighted by Crippen LogP contribution is 2.61. The van der Waals surface area contributed by atoms with Gasteiger partial charge in [-0.2, -0.15) is 0 Å². The molecule has 2 aliphatic rings. The molecular weight excluding hydrogens is 1690 g/mol. The highest BCUT2D eigenvalue weighted by atomic mass is 15.2. The molecule has 0 atom stereocenters. The number of aromatic nitrogens is 3. The Bertz CT molecular complexity index is 8010. The van der Waals surface area contributed by atoms with E-state index >= 15 is 0 Å². The van der Waals surface area contributed by atoms with Crippen LogP contribution in [0.25, 0.3) is 160 Å². The van der Waals surface area contributed by atoms with Gasteiger partial charge in [-0.15, -0.1) is 0 Å². The third-order valence-electron chi connectivity index (χ3n) is 30.9. The molecule has 0 fully saturated rings. The van der Waals surface area contributed by atoms with Crippen molar-refractivity contribution in [2.24, 2.45) is 0 Å². The molecule has 0 aliphatic carbocycles. The van der Waals surface area contributed by atoms with E-state index in [-0.39, 0.29) is 43.3 Å². The molecule has 0 bridgehead atoms. The minimum absolute atomic E-state index is 0.115. The summed E-state index contributed by atoms with van der Waals surface area (Å²) in [6, 6.07) is 134. The Morgan fingerprint density at radius 2 is 0.450 bits per heavy atom. The maximum Gasteiger partial charge on any atom is 0.252 e. The maximum atomic E-state index is 2.89. The summed E-state index contributed by atoms with van der Waals surface area (Å²) in [7, 11) is 0. The van der Waals surface area contributed by atoms with Crippen LogP contribution in [0.2, 0.25) is 0 Å². The van der Waals surface area contributed by atoms with Crippen LogP contribution in [0.3, 0.4) is 0 Å². The SMILES string of the molecule is CC(C)(C)c1cc(-c2ccccc2)c(N2c3cc(-n4c5ccc(C(C)(C)C)cc5c5cc(C(C)(C)C)ccc54)ccc3B3c4ccc(-n5c6ccc(C(C)(C)C)cc6c6cc(C(C)(C)C)ccc65)cc4N(c4c(-c5ccccc5)cc(C(C)(C)C)cc4-c4cccc(-c5ccccc5)c4)c4c3c2c2c3cc(C(C)(C)C)ccc3n3c5ccc(C(C)(C)C)cc5c4c23)c(-c2cccc(-c3ccccc3)c2)c1. The lowest BCUT2D eigenvalue weighted by Crippen LogP contribution is -2.61. The summed E-state index contributed by atoms with van der Waals surface area (Å²) in [6.45, 7) is 56.7. The van der Waals surface area contributed by atoms with E-state index in [4.69, 9.17) is 0 Å². The Morgan fingerprint density at radius 1 is 0.193 bits per heavy atom. The zero-order valence-electron chi connectivity index (χ0n) is 86.1. The minimum Gasteiger partial charge on any atom is -0.309 e. The Labute approximate surface area is 828 Å². The first-order valence-corrected chi connectivity index (χ1v) is 50.7. The van der Waals surface area contributed by atoms with Gasteiger partial charge < -0.3 is 23.3 Å². The van der Waals surface area contributed by atoms with Gasteiger partial charge in [-0.3, -0.25) is 0 Å². The van der Waals surface area contributed by atoms with Crippen molar-refractivity contribution in [2.75, 3.05) is 9.80 Å². The summed E-state index contributed by atoms with van der Waals surface area (Å²) >= 11 is 0. The molecule has 0 N–H and O–H groups in total. The molecule has 6 heteroatoms. The van der Waals surface area contributed by atoms with Gasteiger partial charge in [-0.1, -0.05) is 372 Å². The van der Waals surface area contributed by atoms with E-state index in [1.54, 1.807) is 0 Å². The quantitative estimate of drug-likeness (QED) is 0.127. The second-order valence-corrected chi connectivity index (χ2v) is 48.7. The Balaban J connectivity index is 0.987. The molecule has 17 aromatic carbocycles. The molecule has 140 heavy (non-hydrogen) atoms. The fourth-order valence-corrected chi connectivity index (χ4v) is 23.0. The number of rotatable bonds is 10. The molecule has 2 aliphatic heterocycles. The molecule has 23 rings (SSSR count). The van der Waals surface area contributed by atoms with Crippen molar-refractivity contribution < 1.29 is 0 Å². The summed E-state index contributed by atoms with van der Waals surface area (Å²) in [5.74, 6) is 0. The van der Waals surface area contributed by atoms with E-state index in [9.17, 15) is 0 Å². The van der Waals surface area contributed by atoms with Gasteiger partial charge in [0.2, 0.25) is 0 Å². The van der Waals surface area contributed by atoms with Crippen LogP contribution in [0, 0.1) is 0 Å². The molecule has 0 amide bonds. The van der Waals surface area contributed by atoms with Crippen molar-refractivity contribution in [2.45, 2.75) is 209 Å². The lowest BCUT2D eigenvalue weighted by Gasteiger charge is -2.46. The van der Waals surface area contributed by atoms with Gasteiger partial charge in [0, 0.05) is 88.1 Å². The number of hydrogen-bond donors (Lipinski definition) is 0. The van der Waals surface area contributed by atoms with Crippen LogP contribution >= 0.6 is 0 Å². The molecular formula is C134H128BN5. The van der Waals surface area contributed by atoms with E-state index in [0.29, 0.717) is 0 Å². The predicted molar refractivity (Wildman–Crippen MR) is 606 cm³/mol. The van der Waals surface area contributed by atoms with Crippen LogP contribution in [0.4, 0.5) is 34.1 Å². The van der Waals surface area contributed by atoms with Crippen molar-refractivity contribution in [3.63, 3.8) is 0 Å². The molecule has 4 aromatic heterocycles. The van der Waals surface area contributed by atoms with Crippen LogP contribution in [-0.2, 0) is 43.3 Å². The van der Waals surface area contributed by atoms with E-state index in [2.05, 4.69) is 529 Å². The van der Waals surface area contributed by atoms with Crippen molar-refractivity contribution in [1.29, 1.82) is 0 Å². The van der Waals surface area contributed by atoms with Gasteiger partial charge in [-0.25, -0.2) is 0 Å². The van der Waals surface area contributed by atoms with Gasteiger partial charge in [0.25, 0.3) is 6.71 Å². The lowest BCUT2D eigenvalue weighted by molar-refractivity contribution is 0.590. The lowest BCUT2D eigenvalue weighted by atomic mass is 9.33. The van der Waals surface area contributed by atoms with Crippen LogP contribution in [-0.4, -0.2) is 20.2 Å². The third kappa shape index (κ3) is 14.6. The number of fused-ring (bicyclic) bond motifs is 18. The van der Waals surface area contributed by atoms with E-state index in [0.717, 1.165) is 101 Å². The molecule has 692 valence electrons. The molecule has 6 heterocycles. The summed E-state index contributed by atoms with van der Waals surface area (Å²) in [5, 5.41) is 9.86. The smallest absolute Gasteiger partial charge is 0.252 e. The fraction of sp³-hybridized carbons (Fsp3) is 0.239. The zero-order chi connectivity index (χ0) is 97.6. The molecule has 0 radical (unpaired) electrons. The molecule has 5 nitrogen and oxygen atoms in total. The maximum absolute atomic E-state index is 2.89. The summed E-state index contributed by atoms with van der Waals surface area (Å²) in [5.41, 5.74) is 43.2.